The number of carbonyl (C=O) groups excluding carboxylic acids is 3. The summed E-state index contributed by atoms with van der Waals surface area (Å²) in [5.74, 6) is -0.490. The second kappa shape index (κ2) is 9.96. The van der Waals surface area contributed by atoms with Crippen molar-refractivity contribution in [3.8, 4) is 11.5 Å². The van der Waals surface area contributed by atoms with Crippen LogP contribution in [0.15, 0.2) is 48.5 Å². The Labute approximate surface area is 157 Å². The molecular weight excluding hydrogens is 350 g/mol. The standard InChI is InChI=1S/C20H21NO6/c1-14(16-6-4-3-5-7-16)21-19(23)12-27-20(24)13-26-17-9-8-15(11-22)10-18(17)25-2/h3-11,14H,12-13H2,1-2H3,(H,21,23)/t14-/m1/s1. The van der Waals surface area contributed by atoms with E-state index in [1.54, 1.807) is 0 Å². The van der Waals surface area contributed by atoms with Crippen LogP contribution in [0.3, 0.4) is 0 Å². The number of esters is 1. The first kappa shape index (κ1) is 20.0. The highest BCUT2D eigenvalue weighted by molar-refractivity contribution is 5.81. The molecular formula is C20H21NO6. The van der Waals surface area contributed by atoms with Crippen LogP contribution in [-0.4, -0.2) is 38.5 Å². The molecule has 1 atom stereocenters. The summed E-state index contributed by atoms with van der Waals surface area (Å²) >= 11 is 0. The number of rotatable bonds is 9. The predicted molar refractivity (Wildman–Crippen MR) is 97.8 cm³/mol. The van der Waals surface area contributed by atoms with Crippen molar-refractivity contribution in [2.24, 2.45) is 0 Å². The summed E-state index contributed by atoms with van der Waals surface area (Å²) in [6.45, 7) is 1.05. The quantitative estimate of drug-likeness (QED) is 0.537. The van der Waals surface area contributed by atoms with Gasteiger partial charge in [0, 0.05) is 5.56 Å². The fraction of sp³-hybridized carbons (Fsp3) is 0.250. The van der Waals surface area contributed by atoms with E-state index in [0.717, 1.165) is 5.56 Å². The Kier molecular flexibility index (Phi) is 7.37. The first-order valence-corrected chi connectivity index (χ1v) is 8.29. The van der Waals surface area contributed by atoms with Gasteiger partial charge in [-0.05, 0) is 30.7 Å². The molecule has 142 valence electrons. The van der Waals surface area contributed by atoms with E-state index in [1.165, 1.54) is 25.3 Å². The highest BCUT2D eigenvalue weighted by Gasteiger charge is 2.13. The van der Waals surface area contributed by atoms with Gasteiger partial charge in [-0.25, -0.2) is 4.79 Å². The van der Waals surface area contributed by atoms with E-state index in [1.807, 2.05) is 37.3 Å². The van der Waals surface area contributed by atoms with Crippen LogP contribution in [0.1, 0.15) is 28.9 Å². The highest BCUT2D eigenvalue weighted by Crippen LogP contribution is 2.27. The van der Waals surface area contributed by atoms with E-state index < -0.39 is 25.1 Å². The maximum atomic E-state index is 11.9. The van der Waals surface area contributed by atoms with Gasteiger partial charge >= 0.3 is 5.97 Å². The number of methoxy groups -OCH3 is 1. The molecule has 7 heteroatoms. The van der Waals surface area contributed by atoms with Gasteiger partial charge in [0.1, 0.15) is 6.29 Å². The number of nitrogens with one attached hydrogen (secondary N) is 1. The average molecular weight is 371 g/mol. The molecule has 7 nitrogen and oxygen atoms in total. The monoisotopic (exact) mass is 371 g/mol. The third kappa shape index (κ3) is 6.14. The van der Waals surface area contributed by atoms with Crippen molar-refractivity contribution in [3.05, 3.63) is 59.7 Å². The van der Waals surface area contributed by atoms with Gasteiger partial charge in [-0.2, -0.15) is 0 Å². The zero-order chi connectivity index (χ0) is 19.6. The second-order valence-corrected chi connectivity index (χ2v) is 5.68. The Bertz CT molecular complexity index is 790. The smallest absolute Gasteiger partial charge is 0.344 e. The van der Waals surface area contributed by atoms with Crippen LogP contribution in [0, 0.1) is 0 Å². The molecule has 0 saturated heterocycles. The van der Waals surface area contributed by atoms with Crippen LogP contribution in [0.2, 0.25) is 0 Å². The van der Waals surface area contributed by atoms with Crippen molar-refractivity contribution in [3.63, 3.8) is 0 Å². The molecule has 0 radical (unpaired) electrons. The number of amides is 1. The Balaban J connectivity index is 1.77. The molecule has 0 unspecified atom stereocenters. The Morgan fingerprint density at radius 1 is 1.07 bits per heavy atom. The van der Waals surface area contributed by atoms with Crippen molar-refractivity contribution in [2.75, 3.05) is 20.3 Å². The number of hydrogen-bond donors (Lipinski definition) is 1. The lowest BCUT2D eigenvalue weighted by atomic mass is 10.1. The van der Waals surface area contributed by atoms with Gasteiger partial charge in [0.25, 0.3) is 5.91 Å². The molecule has 0 bridgehead atoms. The fourth-order valence-electron chi connectivity index (χ4n) is 2.31. The average Bonchev–Trinajstić information content (AvgIpc) is 2.71. The van der Waals surface area contributed by atoms with Gasteiger partial charge in [-0.3, -0.25) is 9.59 Å². The van der Waals surface area contributed by atoms with Crippen molar-refractivity contribution in [1.29, 1.82) is 0 Å². The fourth-order valence-corrected chi connectivity index (χ4v) is 2.31. The highest BCUT2D eigenvalue weighted by atomic mass is 16.6. The molecule has 2 aromatic rings. The van der Waals surface area contributed by atoms with Gasteiger partial charge < -0.3 is 19.5 Å². The molecule has 2 aromatic carbocycles. The summed E-state index contributed by atoms with van der Waals surface area (Å²) in [4.78, 5) is 34.4. The van der Waals surface area contributed by atoms with E-state index in [9.17, 15) is 14.4 Å². The van der Waals surface area contributed by atoms with Gasteiger partial charge in [0.2, 0.25) is 0 Å². The molecule has 0 spiro atoms. The maximum absolute atomic E-state index is 11.9. The normalized spacial score (nSPS) is 11.2. The zero-order valence-electron chi connectivity index (χ0n) is 15.1. The van der Waals surface area contributed by atoms with Crippen LogP contribution < -0.4 is 14.8 Å². The van der Waals surface area contributed by atoms with Crippen molar-refractivity contribution < 1.29 is 28.6 Å². The lowest BCUT2D eigenvalue weighted by molar-refractivity contribution is -0.150. The largest absolute Gasteiger partial charge is 0.493 e. The summed E-state index contributed by atoms with van der Waals surface area (Å²) in [5.41, 5.74) is 1.37. The number of hydrogen-bond acceptors (Lipinski definition) is 6. The molecule has 0 aliphatic carbocycles. The van der Waals surface area contributed by atoms with Crippen molar-refractivity contribution >= 4 is 18.2 Å². The summed E-state index contributed by atoms with van der Waals surface area (Å²) in [6, 6.07) is 13.8. The maximum Gasteiger partial charge on any atom is 0.344 e. The van der Waals surface area contributed by atoms with Crippen molar-refractivity contribution in [1.82, 2.24) is 5.32 Å². The minimum absolute atomic E-state index is 0.200. The Hall–Kier alpha value is -3.35. The number of aldehydes is 1. The van der Waals surface area contributed by atoms with Gasteiger partial charge in [0.15, 0.2) is 24.7 Å². The SMILES string of the molecule is COc1cc(C=O)ccc1OCC(=O)OCC(=O)N[C@H](C)c1ccccc1. The lowest BCUT2D eigenvalue weighted by Gasteiger charge is -2.14. The van der Waals surface area contributed by atoms with Crippen LogP contribution in [0.4, 0.5) is 0 Å². The number of ether oxygens (including phenoxy) is 3. The minimum atomic E-state index is -0.695. The molecule has 27 heavy (non-hydrogen) atoms. The van der Waals surface area contributed by atoms with Crippen molar-refractivity contribution in [2.45, 2.75) is 13.0 Å². The molecule has 1 amide bonds. The van der Waals surface area contributed by atoms with E-state index in [2.05, 4.69) is 5.32 Å². The van der Waals surface area contributed by atoms with E-state index >= 15 is 0 Å². The van der Waals surface area contributed by atoms with E-state index in [-0.39, 0.29) is 6.04 Å². The first-order chi connectivity index (χ1) is 13.0. The van der Waals surface area contributed by atoms with E-state index in [0.29, 0.717) is 23.3 Å². The third-order valence-electron chi connectivity index (χ3n) is 3.71. The molecule has 1 N–H and O–H groups in total. The topological polar surface area (TPSA) is 90.9 Å². The summed E-state index contributed by atoms with van der Waals surface area (Å²) in [5, 5.41) is 2.75. The van der Waals surface area contributed by atoms with Gasteiger partial charge in [-0.1, -0.05) is 30.3 Å². The van der Waals surface area contributed by atoms with Crippen LogP contribution in [-0.2, 0) is 14.3 Å². The van der Waals surface area contributed by atoms with Crippen LogP contribution in [0.25, 0.3) is 0 Å². The summed E-state index contributed by atoms with van der Waals surface area (Å²) in [6.07, 6.45) is 0.676. The molecule has 0 saturated carbocycles. The Morgan fingerprint density at radius 2 is 1.81 bits per heavy atom. The van der Waals surface area contributed by atoms with Crippen LogP contribution in [0.5, 0.6) is 11.5 Å². The summed E-state index contributed by atoms with van der Waals surface area (Å²) < 4.78 is 15.3. The van der Waals surface area contributed by atoms with Gasteiger partial charge in [-0.15, -0.1) is 0 Å². The lowest BCUT2D eigenvalue weighted by Crippen LogP contribution is -2.31. The predicted octanol–water partition coefficient (Wildman–Crippen LogP) is 2.31. The minimum Gasteiger partial charge on any atom is -0.493 e. The van der Waals surface area contributed by atoms with E-state index in [4.69, 9.17) is 14.2 Å². The molecule has 2 rings (SSSR count). The molecule has 0 aromatic heterocycles. The first-order valence-electron chi connectivity index (χ1n) is 8.29. The molecule has 0 aliphatic heterocycles. The Morgan fingerprint density at radius 3 is 2.48 bits per heavy atom. The number of carbonyl (C=O) groups is 3. The molecule has 0 aliphatic rings. The summed E-state index contributed by atoms with van der Waals surface area (Å²) in [7, 11) is 1.42. The van der Waals surface area contributed by atoms with Gasteiger partial charge in [0.05, 0.1) is 13.2 Å². The molecule has 0 fully saturated rings. The molecule has 0 heterocycles. The third-order valence-corrected chi connectivity index (χ3v) is 3.71. The van der Waals surface area contributed by atoms with Crippen LogP contribution >= 0.6 is 0 Å². The number of benzene rings is 2. The zero-order valence-corrected chi connectivity index (χ0v) is 15.1. The second-order valence-electron chi connectivity index (χ2n) is 5.68.